The third kappa shape index (κ3) is 3.85. The van der Waals surface area contributed by atoms with Gasteiger partial charge in [0.15, 0.2) is 11.9 Å². The van der Waals surface area contributed by atoms with Crippen LogP contribution in [0, 0.1) is 0 Å². The van der Waals surface area contributed by atoms with E-state index in [0.29, 0.717) is 5.75 Å². The van der Waals surface area contributed by atoms with Gasteiger partial charge in [0.2, 0.25) is 5.76 Å². The van der Waals surface area contributed by atoms with E-state index in [0.717, 1.165) is 30.8 Å². The molecule has 0 aromatic heterocycles. The van der Waals surface area contributed by atoms with Crippen molar-refractivity contribution in [3.63, 3.8) is 0 Å². The maximum Gasteiger partial charge on any atom is 0.377 e. The van der Waals surface area contributed by atoms with Gasteiger partial charge in [-0.15, -0.1) is 0 Å². The third-order valence-corrected chi connectivity index (χ3v) is 3.37. The SMILES string of the molecule is O=C1O[C@H]([C@@H](O)CO)C(O)=C1O.Oc1ccc2c(c1)CCCO2. The van der Waals surface area contributed by atoms with Crippen LogP contribution in [-0.2, 0) is 16.0 Å². The Morgan fingerprint density at radius 2 is 2.00 bits per heavy atom. The van der Waals surface area contributed by atoms with Crippen molar-refractivity contribution in [2.24, 2.45) is 0 Å². The zero-order valence-corrected chi connectivity index (χ0v) is 12.2. The minimum atomic E-state index is -1.42. The van der Waals surface area contributed by atoms with Gasteiger partial charge in [-0.3, -0.25) is 0 Å². The molecule has 0 spiro atoms. The number of phenols is 1. The zero-order chi connectivity index (χ0) is 17.0. The van der Waals surface area contributed by atoms with Gasteiger partial charge in [-0.25, -0.2) is 4.79 Å². The van der Waals surface area contributed by atoms with Gasteiger partial charge in [-0.2, -0.15) is 0 Å². The first-order chi connectivity index (χ1) is 10.9. The molecular formula is C15H18O8. The molecule has 0 bridgehead atoms. The lowest BCUT2D eigenvalue weighted by Crippen LogP contribution is -2.31. The molecule has 2 aliphatic rings. The fraction of sp³-hybridized carbons (Fsp3) is 0.400. The molecule has 1 aromatic carbocycles. The average molecular weight is 326 g/mol. The average Bonchev–Trinajstić information content (AvgIpc) is 2.82. The largest absolute Gasteiger partial charge is 0.508 e. The molecular weight excluding hydrogens is 308 g/mol. The monoisotopic (exact) mass is 326 g/mol. The van der Waals surface area contributed by atoms with Crippen LogP contribution in [0.15, 0.2) is 29.7 Å². The lowest BCUT2D eigenvalue weighted by Gasteiger charge is -2.16. The highest BCUT2D eigenvalue weighted by atomic mass is 16.6. The van der Waals surface area contributed by atoms with Crippen LogP contribution in [0.4, 0.5) is 0 Å². The van der Waals surface area contributed by atoms with E-state index < -0.39 is 36.3 Å². The van der Waals surface area contributed by atoms with Crippen molar-refractivity contribution in [1.29, 1.82) is 0 Å². The molecule has 0 aliphatic carbocycles. The summed E-state index contributed by atoms with van der Waals surface area (Å²) in [6, 6.07) is 5.25. The second-order valence-corrected chi connectivity index (χ2v) is 5.05. The Morgan fingerprint density at radius 1 is 1.26 bits per heavy atom. The minimum absolute atomic E-state index is 0.328. The summed E-state index contributed by atoms with van der Waals surface area (Å²) in [5.41, 5.74) is 1.12. The number of ether oxygens (including phenoxy) is 2. The van der Waals surface area contributed by atoms with Gasteiger partial charge in [0, 0.05) is 0 Å². The molecule has 0 unspecified atom stereocenters. The van der Waals surface area contributed by atoms with Gasteiger partial charge in [-0.05, 0) is 36.6 Å². The molecule has 8 nitrogen and oxygen atoms in total. The van der Waals surface area contributed by atoms with E-state index in [1.54, 1.807) is 12.1 Å². The highest BCUT2D eigenvalue weighted by molar-refractivity contribution is 5.89. The van der Waals surface area contributed by atoms with Crippen molar-refractivity contribution in [2.75, 3.05) is 13.2 Å². The first-order valence-corrected chi connectivity index (χ1v) is 7.00. The summed E-state index contributed by atoms with van der Waals surface area (Å²) in [7, 11) is 0. The molecule has 0 radical (unpaired) electrons. The van der Waals surface area contributed by atoms with Gasteiger partial charge < -0.3 is 35.0 Å². The molecule has 3 rings (SSSR count). The Bertz CT molecular complexity index is 609. The number of phenolic OH excluding ortho intramolecular Hbond substituents is 1. The van der Waals surface area contributed by atoms with Gasteiger partial charge in [0.1, 0.15) is 17.6 Å². The van der Waals surface area contributed by atoms with Crippen molar-refractivity contribution < 1.29 is 39.8 Å². The molecule has 0 fully saturated rings. The molecule has 0 amide bonds. The van der Waals surface area contributed by atoms with E-state index >= 15 is 0 Å². The Hall–Kier alpha value is -2.45. The van der Waals surface area contributed by atoms with E-state index in [9.17, 15) is 4.79 Å². The second-order valence-electron chi connectivity index (χ2n) is 5.05. The quantitative estimate of drug-likeness (QED) is 0.490. The Morgan fingerprint density at radius 3 is 2.61 bits per heavy atom. The summed E-state index contributed by atoms with van der Waals surface area (Å²) in [6.07, 6.45) is -0.707. The lowest BCUT2D eigenvalue weighted by molar-refractivity contribution is -0.147. The summed E-state index contributed by atoms with van der Waals surface area (Å²) in [5, 5.41) is 44.2. The number of benzene rings is 1. The number of aryl methyl sites for hydroxylation is 1. The van der Waals surface area contributed by atoms with Crippen LogP contribution in [0.3, 0.4) is 0 Å². The van der Waals surface area contributed by atoms with Crippen LogP contribution in [0.1, 0.15) is 12.0 Å². The maximum atomic E-state index is 10.5. The summed E-state index contributed by atoms with van der Waals surface area (Å²) >= 11 is 0. The number of esters is 1. The van der Waals surface area contributed by atoms with Crippen LogP contribution >= 0.6 is 0 Å². The predicted molar refractivity (Wildman–Crippen MR) is 77.2 cm³/mol. The number of hydrogen-bond acceptors (Lipinski definition) is 8. The second kappa shape index (κ2) is 7.21. The maximum absolute atomic E-state index is 10.5. The first-order valence-electron chi connectivity index (χ1n) is 7.00. The highest BCUT2D eigenvalue weighted by Crippen LogP contribution is 2.27. The molecule has 23 heavy (non-hydrogen) atoms. The Kier molecular flexibility index (Phi) is 5.30. The molecule has 5 N–H and O–H groups in total. The van der Waals surface area contributed by atoms with Crippen molar-refractivity contribution in [3.8, 4) is 11.5 Å². The third-order valence-electron chi connectivity index (χ3n) is 3.37. The van der Waals surface area contributed by atoms with Gasteiger partial charge in [0.05, 0.1) is 13.2 Å². The Labute approximate surface area is 131 Å². The molecule has 2 atom stereocenters. The van der Waals surface area contributed by atoms with Crippen LogP contribution < -0.4 is 4.74 Å². The Balaban J connectivity index is 0.000000167. The number of aromatic hydroxyl groups is 1. The number of hydrogen-bond donors (Lipinski definition) is 5. The van der Waals surface area contributed by atoms with E-state index in [-0.39, 0.29) is 0 Å². The molecule has 0 saturated carbocycles. The zero-order valence-electron chi connectivity index (χ0n) is 12.2. The van der Waals surface area contributed by atoms with Gasteiger partial charge in [-0.1, -0.05) is 0 Å². The summed E-state index contributed by atoms with van der Waals surface area (Å²) in [4.78, 5) is 10.5. The smallest absolute Gasteiger partial charge is 0.377 e. The van der Waals surface area contributed by atoms with Crippen LogP contribution in [0.5, 0.6) is 11.5 Å². The molecule has 8 heteroatoms. The van der Waals surface area contributed by atoms with Crippen molar-refractivity contribution in [1.82, 2.24) is 0 Å². The van der Waals surface area contributed by atoms with Crippen LogP contribution in [0.25, 0.3) is 0 Å². The van der Waals surface area contributed by atoms with E-state index in [1.165, 1.54) is 0 Å². The summed E-state index contributed by atoms with van der Waals surface area (Å²) < 4.78 is 9.68. The number of cyclic esters (lactones) is 1. The van der Waals surface area contributed by atoms with Crippen molar-refractivity contribution in [2.45, 2.75) is 25.0 Å². The number of carbonyl (C=O) groups is 1. The number of rotatable bonds is 2. The molecule has 0 saturated heterocycles. The number of aliphatic hydroxyl groups is 4. The molecule has 1 aromatic rings. The van der Waals surface area contributed by atoms with E-state index in [4.69, 9.17) is 30.3 Å². The highest BCUT2D eigenvalue weighted by Gasteiger charge is 2.38. The molecule has 2 aliphatic heterocycles. The van der Waals surface area contributed by atoms with E-state index in [1.807, 2.05) is 6.07 Å². The number of aliphatic hydroxyl groups excluding tert-OH is 4. The fourth-order valence-electron chi connectivity index (χ4n) is 2.17. The van der Waals surface area contributed by atoms with Gasteiger partial charge >= 0.3 is 5.97 Å². The van der Waals surface area contributed by atoms with Gasteiger partial charge in [0.25, 0.3) is 0 Å². The van der Waals surface area contributed by atoms with Crippen LogP contribution in [-0.4, -0.2) is 56.9 Å². The van der Waals surface area contributed by atoms with Crippen molar-refractivity contribution >= 4 is 5.97 Å². The number of fused-ring (bicyclic) bond motifs is 1. The lowest BCUT2D eigenvalue weighted by atomic mass is 10.1. The fourth-order valence-corrected chi connectivity index (χ4v) is 2.17. The number of carbonyl (C=O) groups excluding carboxylic acids is 1. The summed E-state index contributed by atoms with van der Waals surface area (Å²) in [5.74, 6) is -1.53. The van der Waals surface area contributed by atoms with Crippen molar-refractivity contribution in [3.05, 3.63) is 35.3 Å². The van der Waals surface area contributed by atoms with Crippen LogP contribution in [0.2, 0.25) is 0 Å². The standard InChI is InChI=1S/C9H10O2.C6H8O6/c10-8-3-4-9-7(6-8)2-1-5-11-9;7-1-2(8)5-3(9)4(10)6(11)12-5/h3-4,6,10H,1-2,5H2;2,5,7-10H,1H2/t;2-,5+/m.0/s1. The first kappa shape index (κ1) is 16.9. The van der Waals surface area contributed by atoms with E-state index in [2.05, 4.69) is 4.74 Å². The minimum Gasteiger partial charge on any atom is -0.508 e. The molecule has 126 valence electrons. The normalized spacial score (nSPS) is 20.8. The summed E-state index contributed by atoms with van der Waals surface area (Å²) in [6.45, 7) is 0.132. The predicted octanol–water partition coefficient (Wildman–Crippen LogP) is 0.310. The topological polar surface area (TPSA) is 137 Å². The molecule has 2 heterocycles.